The van der Waals surface area contributed by atoms with Crippen LogP contribution in [-0.4, -0.2) is 19.1 Å². The van der Waals surface area contributed by atoms with Crippen LogP contribution in [0.1, 0.15) is 28.7 Å². The van der Waals surface area contributed by atoms with Gasteiger partial charge in [-0.1, -0.05) is 35.9 Å². The molecule has 0 aromatic heterocycles. The summed E-state index contributed by atoms with van der Waals surface area (Å²) in [6.07, 6.45) is 1.27. The van der Waals surface area contributed by atoms with Crippen LogP contribution in [0.4, 0.5) is 0 Å². The standard InChI is InChI=1S/C20H25NO2/c1-15-4-7-18(8-5-15)9-11-20(22)21-12-13-23-19-10-6-16(2)17(3)14-19/h4-8,10,14H,9,11-13H2,1-3H3,(H,21,22). The van der Waals surface area contributed by atoms with Gasteiger partial charge in [0.05, 0.1) is 6.54 Å². The molecule has 0 bridgehead atoms. The Bertz CT molecular complexity index is 647. The second kappa shape index (κ2) is 8.37. The molecule has 23 heavy (non-hydrogen) atoms. The topological polar surface area (TPSA) is 38.3 Å². The molecule has 0 aliphatic heterocycles. The van der Waals surface area contributed by atoms with E-state index in [1.165, 1.54) is 22.3 Å². The maximum Gasteiger partial charge on any atom is 0.220 e. The van der Waals surface area contributed by atoms with Crippen molar-refractivity contribution >= 4 is 5.91 Å². The summed E-state index contributed by atoms with van der Waals surface area (Å²) in [5, 5.41) is 2.90. The maximum absolute atomic E-state index is 11.8. The predicted molar refractivity (Wildman–Crippen MR) is 93.9 cm³/mol. The van der Waals surface area contributed by atoms with Crippen LogP contribution in [0.5, 0.6) is 5.75 Å². The number of ether oxygens (including phenoxy) is 1. The Labute approximate surface area is 138 Å². The van der Waals surface area contributed by atoms with Crippen molar-refractivity contribution in [3.05, 3.63) is 64.7 Å². The van der Waals surface area contributed by atoms with Gasteiger partial charge < -0.3 is 10.1 Å². The summed E-state index contributed by atoms with van der Waals surface area (Å²) in [5.74, 6) is 0.913. The van der Waals surface area contributed by atoms with Gasteiger partial charge in [-0.05, 0) is 56.0 Å². The summed E-state index contributed by atoms with van der Waals surface area (Å²) in [7, 11) is 0. The normalized spacial score (nSPS) is 10.4. The molecule has 0 saturated carbocycles. The van der Waals surface area contributed by atoms with Crippen LogP contribution in [0.25, 0.3) is 0 Å². The molecule has 0 radical (unpaired) electrons. The van der Waals surface area contributed by atoms with Crippen LogP contribution in [-0.2, 0) is 11.2 Å². The summed E-state index contributed by atoms with van der Waals surface area (Å²) in [5.41, 5.74) is 4.89. The minimum absolute atomic E-state index is 0.0641. The van der Waals surface area contributed by atoms with Crippen molar-refractivity contribution < 1.29 is 9.53 Å². The smallest absolute Gasteiger partial charge is 0.220 e. The first-order valence-corrected chi connectivity index (χ1v) is 8.07. The third kappa shape index (κ3) is 5.78. The maximum atomic E-state index is 11.8. The lowest BCUT2D eigenvalue weighted by Gasteiger charge is -2.09. The zero-order chi connectivity index (χ0) is 16.7. The summed E-state index contributed by atoms with van der Waals surface area (Å²) >= 11 is 0. The number of nitrogens with one attached hydrogen (secondary N) is 1. The van der Waals surface area contributed by atoms with E-state index in [1.54, 1.807) is 0 Å². The highest BCUT2D eigenvalue weighted by Gasteiger charge is 2.02. The molecule has 3 nitrogen and oxygen atoms in total. The molecule has 1 N–H and O–H groups in total. The molecule has 122 valence electrons. The lowest BCUT2D eigenvalue weighted by molar-refractivity contribution is -0.121. The van der Waals surface area contributed by atoms with E-state index in [0.717, 1.165) is 12.2 Å². The van der Waals surface area contributed by atoms with Crippen molar-refractivity contribution in [1.82, 2.24) is 5.32 Å². The number of hydrogen-bond donors (Lipinski definition) is 1. The number of aryl methyl sites for hydroxylation is 4. The Balaban J connectivity index is 1.64. The predicted octanol–water partition coefficient (Wildman–Crippen LogP) is 3.74. The Morgan fingerprint density at radius 2 is 1.74 bits per heavy atom. The molecule has 2 rings (SSSR count). The van der Waals surface area contributed by atoms with Crippen molar-refractivity contribution in [2.24, 2.45) is 0 Å². The number of carbonyl (C=O) groups excluding carboxylic acids is 1. The van der Waals surface area contributed by atoms with Gasteiger partial charge in [-0.2, -0.15) is 0 Å². The van der Waals surface area contributed by atoms with Crippen molar-refractivity contribution in [2.75, 3.05) is 13.2 Å². The van der Waals surface area contributed by atoms with Crippen LogP contribution < -0.4 is 10.1 Å². The molecule has 1 amide bonds. The van der Waals surface area contributed by atoms with E-state index in [1.807, 2.05) is 18.2 Å². The van der Waals surface area contributed by atoms with Gasteiger partial charge in [-0.3, -0.25) is 4.79 Å². The second-order valence-corrected chi connectivity index (χ2v) is 5.93. The fourth-order valence-corrected chi connectivity index (χ4v) is 2.26. The first-order chi connectivity index (χ1) is 11.0. The van der Waals surface area contributed by atoms with Gasteiger partial charge in [0.1, 0.15) is 12.4 Å². The van der Waals surface area contributed by atoms with E-state index >= 15 is 0 Å². The minimum atomic E-state index is 0.0641. The third-order valence-electron chi connectivity index (χ3n) is 3.93. The van der Waals surface area contributed by atoms with E-state index in [0.29, 0.717) is 19.6 Å². The van der Waals surface area contributed by atoms with Gasteiger partial charge in [-0.25, -0.2) is 0 Å². The Morgan fingerprint density at radius 3 is 2.43 bits per heavy atom. The van der Waals surface area contributed by atoms with Crippen LogP contribution in [0, 0.1) is 20.8 Å². The number of amides is 1. The summed E-state index contributed by atoms with van der Waals surface area (Å²) in [6, 6.07) is 14.3. The number of rotatable bonds is 7. The molecule has 2 aromatic carbocycles. The van der Waals surface area contributed by atoms with Crippen molar-refractivity contribution in [3.8, 4) is 5.75 Å². The van der Waals surface area contributed by atoms with E-state index in [4.69, 9.17) is 4.74 Å². The third-order valence-corrected chi connectivity index (χ3v) is 3.93. The zero-order valence-electron chi connectivity index (χ0n) is 14.2. The van der Waals surface area contributed by atoms with E-state index in [-0.39, 0.29) is 5.91 Å². The highest BCUT2D eigenvalue weighted by atomic mass is 16.5. The summed E-state index contributed by atoms with van der Waals surface area (Å²) in [4.78, 5) is 11.8. The van der Waals surface area contributed by atoms with Crippen molar-refractivity contribution in [1.29, 1.82) is 0 Å². The largest absolute Gasteiger partial charge is 0.492 e. The molecule has 0 spiro atoms. The number of carbonyl (C=O) groups is 1. The number of benzene rings is 2. The molecule has 2 aromatic rings. The Kier molecular flexibility index (Phi) is 6.21. The van der Waals surface area contributed by atoms with Crippen molar-refractivity contribution in [3.63, 3.8) is 0 Å². The van der Waals surface area contributed by atoms with Gasteiger partial charge in [0.15, 0.2) is 0 Å². The van der Waals surface area contributed by atoms with E-state index in [9.17, 15) is 4.79 Å². The summed E-state index contributed by atoms with van der Waals surface area (Å²) in [6.45, 7) is 7.22. The monoisotopic (exact) mass is 311 g/mol. The van der Waals surface area contributed by atoms with Gasteiger partial charge in [0.25, 0.3) is 0 Å². The second-order valence-electron chi connectivity index (χ2n) is 5.93. The Hall–Kier alpha value is -2.29. The SMILES string of the molecule is Cc1ccc(CCC(=O)NCCOc2ccc(C)c(C)c2)cc1. The molecule has 0 atom stereocenters. The molecule has 0 aliphatic carbocycles. The lowest BCUT2D eigenvalue weighted by atomic mass is 10.1. The van der Waals surface area contributed by atoms with Crippen molar-refractivity contribution in [2.45, 2.75) is 33.6 Å². The van der Waals surface area contributed by atoms with Gasteiger partial charge in [-0.15, -0.1) is 0 Å². The molecule has 3 heteroatoms. The molecule has 0 fully saturated rings. The highest BCUT2D eigenvalue weighted by molar-refractivity contribution is 5.76. The fraction of sp³-hybridized carbons (Fsp3) is 0.350. The summed E-state index contributed by atoms with van der Waals surface area (Å²) < 4.78 is 5.65. The molecular formula is C20H25NO2. The molecule has 0 saturated heterocycles. The average molecular weight is 311 g/mol. The molecular weight excluding hydrogens is 286 g/mol. The van der Waals surface area contributed by atoms with Crippen LogP contribution >= 0.6 is 0 Å². The van der Waals surface area contributed by atoms with Crippen LogP contribution in [0.2, 0.25) is 0 Å². The number of hydrogen-bond acceptors (Lipinski definition) is 2. The van der Waals surface area contributed by atoms with E-state index in [2.05, 4.69) is 50.4 Å². The van der Waals surface area contributed by atoms with Crippen LogP contribution in [0.3, 0.4) is 0 Å². The van der Waals surface area contributed by atoms with Gasteiger partial charge in [0, 0.05) is 6.42 Å². The highest BCUT2D eigenvalue weighted by Crippen LogP contribution is 2.16. The fourth-order valence-electron chi connectivity index (χ4n) is 2.26. The quantitative estimate of drug-likeness (QED) is 0.791. The molecule has 0 unspecified atom stereocenters. The first kappa shape index (κ1) is 17.1. The first-order valence-electron chi connectivity index (χ1n) is 8.07. The van der Waals surface area contributed by atoms with Gasteiger partial charge in [0.2, 0.25) is 5.91 Å². The minimum Gasteiger partial charge on any atom is -0.492 e. The molecule has 0 aliphatic rings. The van der Waals surface area contributed by atoms with Gasteiger partial charge >= 0.3 is 0 Å². The van der Waals surface area contributed by atoms with Crippen LogP contribution in [0.15, 0.2) is 42.5 Å². The molecule has 0 heterocycles. The lowest BCUT2D eigenvalue weighted by Crippen LogP contribution is -2.28. The Morgan fingerprint density at radius 1 is 1.00 bits per heavy atom. The van der Waals surface area contributed by atoms with E-state index < -0.39 is 0 Å². The average Bonchev–Trinajstić information content (AvgIpc) is 2.54. The zero-order valence-corrected chi connectivity index (χ0v) is 14.2.